The Morgan fingerprint density at radius 1 is 1.29 bits per heavy atom. The molecule has 0 aliphatic carbocycles. The minimum atomic E-state index is 1.09. The van der Waals surface area contributed by atoms with Gasteiger partial charge in [0.15, 0.2) is 0 Å². The summed E-state index contributed by atoms with van der Waals surface area (Å²) in [6.45, 7) is 2.19. The summed E-state index contributed by atoms with van der Waals surface area (Å²) in [5, 5.41) is 2.19. The Labute approximate surface area is 96.7 Å². The third-order valence-electron chi connectivity index (χ3n) is 2.28. The maximum Gasteiger partial charge on any atom is 0.0704 e. The largest absolute Gasteiger partial charge is 0.136 e. The molecule has 0 amide bonds. The molecule has 0 fully saturated rings. The summed E-state index contributed by atoms with van der Waals surface area (Å²) in [7, 11) is 0. The van der Waals surface area contributed by atoms with Gasteiger partial charge in [-0.15, -0.1) is 11.3 Å². The maximum absolute atomic E-state index is 3.49. The van der Waals surface area contributed by atoms with Gasteiger partial charge in [0.1, 0.15) is 0 Å². The summed E-state index contributed by atoms with van der Waals surface area (Å²) in [5.74, 6) is 0. The first-order chi connectivity index (χ1) is 6.81. The van der Waals surface area contributed by atoms with E-state index in [1.54, 1.807) is 11.3 Å². The second-order valence-electron chi connectivity index (χ2n) is 3.15. The second kappa shape index (κ2) is 4.28. The molecule has 2 heteroatoms. The highest BCUT2D eigenvalue weighted by Crippen LogP contribution is 2.31. The number of hydrogen-bond donors (Lipinski definition) is 0. The van der Waals surface area contributed by atoms with Gasteiger partial charge in [-0.05, 0) is 50.5 Å². The van der Waals surface area contributed by atoms with Crippen molar-refractivity contribution in [3.8, 4) is 11.1 Å². The van der Waals surface area contributed by atoms with Crippen molar-refractivity contribution >= 4 is 27.3 Å². The highest BCUT2D eigenvalue weighted by atomic mass is 79.9. The third-order valence-corrected chi connectivity index (χ3v) is 3.78. The van der Waals surface area contributed by atoms with Gasteiger partial charge in [-0.2, -0.15) is 0 Å². The standard InChI is InChI=1S/C12H11BrS/c1-2-9-5-3-4-6-11(9)10-7-12(13)14-8-10/h3-8H,2H2,1H3. The van der Waals surface area contributed by atoms with E-state index in [1.165, 1.54) is 20.5 Å². The van der Waals surface area contributed by atoms with Crippen LogP contribution in [0.25, 0.3) is 11.1 Å². The molecule has 1 aromatic heterocycles. The zero-order chi connectivity index (χ0) is 9.97. The van der Waals surface area contributed by atoms with Gasteiger partial charge in [0.05, 0.1) is 3.79 Å². The van der Waals surface area contributed by atoms with Crippen LogP contribution in [0, 0.1) is 0 Å². The van der Waals surface area contributed by atoms with E-state index in [-0.39, 0.29) is 0 Å². The van der Waals surface area contributed by atoms with Gasteiger partial charge in [0.2, 0.25) is 0 Å². The van der Waals surface area contributed by atoms with Gasteiger partial charge < -0.3 is 0 Å². The Hall–Kier alpha value is -0.600. The molecule has 0 bridgehead atoms. The summed E-state index contributed by atoms with van der Waals surface area (Å²) < 4.78 is 1.19. The number of benzene rings is 1. The van der Waals surface area contributed by atoms with Crippen LogP contribution < -0.4 is 0 Å². The smallest absolute Gasteiger partial charge is 0.0704 e. The molecular formula is C12H11BrS. The molecule has 0 spiro atoms. The zero-order valence-electron chi connectivity index (χ0n) is 7.96. The maximum atomic E-state index is 3.49. The SMILES string of the molecule is CCc1ccccc1-c1csc(Br)c1. The van der Waals surface area contributed by atoms with Crippen LogP contribution in [0.5, 0.6) is 0 Å². The summed E-state index contributed by atoms with van der Waals surface area (Å²) in [6, 6.07) is 10.8. The van der Waals surface area contributed by atoms with E-state index in [9.17, 15) is 0 Å². The van der Waals surface area contributed by atoms with Gasteiger partial charge >= 0.3 is 0 Å². The van der Waals surface area contributed by atoms with Crippen LogP contribution in [0.15, 0.2) is 39.5 Å². The molecule has 0 saturated carbocycles. The average molecular weight is 267 g/mol. The topological polar surface area (TPSA) is 0 Å². The lowest BCUT2D eigenvalue weighted by atomic mass is 10.0. The van der Waals surface area contributed by atoms with E-state index >= 15 is 0 Å². The minimum Gasteiger partial charge on any atom is -0.136 e. The first-order valence-corrected chi connectivity index (χ1v) is 6.31. The molecule has 14 heavy (non-hydrogen) atoms. The lowest BCUT2D eigenvalue weighted by Gasteiger charge is -2.04. The molecule has 1 aromatic carbocycles. The van der Waals surface area contributed by atoms with Crippen molar-refractivity contribution in [2.24, 2.45) is 0 Å². The second-order valence-corrected chi connectivity index (χ2v) is 5.44. The number of aryl methyl sites for hydroxylation is 1. The monoisotopic (exact) mass is 266 g/mol. The predicted molar refractivity (Wildman–Crippen MR) is 66.8 cm³/mol. The van der Waals surface area contributed by atoms with Crippen molar-refractivity contribution in [1.82, 2.24) is 0 Å². The first kappa shape index (κ1) is 9.94. The fourth-order valence-electron chi connectivity index (χ4n) is 1.56. The third kappa shape index (κ3) is 1.91. The summed E-state index contributed by atoms with van der Waals surface area (Å²) in [4.78, 5) is 0. The molecule has 2 aromatic rings. The Balaban J connectivity index is 2.50. The Morgan fingerprint density at radius 2 is 2.07 bits per heavy atom. The van der Waals surface area contributed by atoms with Gasteiger partial charge in [0.25, 0.3) is 0 Å². The molecular weight excluding hydrogens is 256 g/mol. The van der Waals surface area contributed by atoms with Gasteiger partial charge in [-0.25, -0.2) is 0 Å². The summed E-state index contributed by atoms with van der Waals surface area (Å²) >= 11 is 5.23. The fraction of sp³-hybridized carbons (Fsp3) is 0.167. The van der Waals surface area contributed by atoms with Crippen molar-refractivity contribution in [2.45, 2.75) is 13.3 Å². The van der Waals surface area contributed by atoms with Gasteiger partial charge in [-0.3, -0.25) is 0 Å². The lowest BCUT2D eigenvalue weighted by molar-refractivity contribution is 1.14. The van der Waals surface area contributed by atoms with Crippen LogP contribution >= 0.6 is 27.3 Å². The van der Waals surface area contributed by atoms with Crippen LogP contribution in [-0.2, 0) is 6.42 Å². The molecule has 0 aliphatic rings. The minimum absolute atomic E-state index is 1.09. The van der Waals surface area contributed by atoms with Crippen LogP contribution in [0.3, 0.4) is 0 Å². The van der Waals surface area contributed by atoms with E-state index in [4.69, 9.17) is 0 Å². The molecule has 1 heterocycles. The molecule has 0 unspecified atom stereocenters. The first-order valence-electron chi connectivity index (χ1n) is 4.63. The molecule has 2 rings (SSSR count). The Morgan fingerprint density at radius 3 is 2.71 bits per heavy atom. The van der Waals surface area contributed by atoms with E-state index in [1.807, 2.05) is 0 Å². The molecule has 0 saturated heterocycles. The van der Waals surface area contributed by atoms with Crippen LogP contribution in [-0.4, -0.2) is 0 Å². The normalized spacial score (nSPS) is 10.4. The van der Waals surface area contributed by atoms with Crippen molar-refractivity contribution in [3.05, 3.63) is 45.1 Å². The summed E-state index contributed by atoms with van der Waals surface area (Å²) in [5.41, 5.74) is 4.09. The highest BCUT2D eigenvalue weighted by Gasteiger charge is 2.04. The quantitative estimate of drug-likeness (QED) is 0.737. The number of hydrogen-bond acceptors (Lipinski definition) is 1. The van der Waals surface area contributed by atoms with E-state index in [0.717, 1.165) is 6.42 Å². The Kier molecular flexibility index (Phi) is 3.04. The van der Waals surface area contributed by atoms with Crippen LogP contribution in [0.4, 0.5) is 0 Å². The van der Waals surface area contributed by atoms with Crippen LogP contribution in [0.2, 0.25) is 0 Å². The van der Waals surface area contributed by atoms with Gasteiger partial charge in [-0.1, -0.05) is 31.2 Å². The van der Waals surface area contributed by atoms with E-state index < -0.39 is 0 Å². The highest BCUT2D eigenvalue weighted by molar-refractivity contribution is 9.11. The van der Waals surface area contributed by atoms with Crippen molar-refractivity contribution in [3.63, 3.8) is 0 Å². The van der Waals surface area contributed by atoms with E-state index in [2.05, 4.69) is 58.6 Å². The number of thiophene rings is 1. The molecule has 0 nitrogen and oxygen atoms in total. The van der Waals surface area contributed by atoms with Gasteiger partial charge in [0, 0.05) is 0 Å². The molecule has 0 atom stereocenters. The van der Waals surface area contributed by atoms with E-state index in [0.29, 0.717) is 0 Å². The van der Waals surface area contributed by atoms with Crippen LogP contribution in [0.1, 0.15) is 12.5 Å². The van der Waals surface area contributed by atoms with Crippen molar-refractivity contribution < 1.29 is 0 Å². The molecule has 72 valence electrons. The zero-order valence-corrected chi connectivity index (χ0v) is 10.4. The molecule has 0 N–H and O–H groups in total. The fourth-order valence-corrected chi connectivity index (χ4v) is 2.72. The van der Waals surface area contributed by atoms with Crippen molar-refractivity contribution in [2.75, 3.05) is 0 Å². The molecule has 0 radical (unpaired) electrons. The molecule has 0 aliphatic heterocycles. The average Bonchev–Trinajstić information content (AvgIpc) is 2.65. The summed E-state index contributed by atoms with van der Waals surface area (Å²) in [6.07, 6.45) is 1.09. The number of halogens is 1. The lowest BCUT2D eigenvalue weighted by Crippen LogP contribution is -1.84. The van der Waals surface area contributed by atoms with Crippen molar-refractivity contribution in [1.29, 1.82) is 0 Å². The Bertz CT molecular complexity index is 431. The number of rotatable bonds is 2. The predicted octanol–water partition coefficient (Wildman–Crippen LogP) is 4.74.